The highest BCUT2D eigenvalue weighted by Gasteiger charge is 2.15. The Bertz CT molecular complexity index is 313. The molecular formula is C11H17N3O. The number of likely N-dealkylation sites (N-methyl/N-ethyl adjacent to an activating group) is 1. The molecule has 1 aromatic heterocycles. The monoisotopic (exact) mass is 207 g/mol. The lowest BCUT2D eigenvalue weighted by atomic mass is 10.2. The predicted molar refractivity (Wildman–Crippen MR) is 59.0 cm³/mol. The van der Waals surface area contributed by atoms with Crippen LogP contribution >= 0.6 is 0 Å². The number of pyridine rings is 1. The smallest absolute Gasteiger partial charge is 0.239 e. The number of rotatable bonds is 4. The van der Waals surface area contributed by atoms with Gasteiger partial charge in [-0.1, -0.05) is 6.92 Å². The highest BCUT2D eigenvalue weighted by molar-refractivity contribution is 5.81. The van der Waals surface area contributed by atoms with Gasteiger partial charge in [0.15, 0.2) is 0 Å². The molecule has 0 unspecified atom stereocenters. The summed E-state index contributed by atoms with van der Waals surface area (Å²) >= 11 is 0. The summed E-state index contributed by atoms with van der Waals surface area (Å²) < 4.78 is 0. The zero-order chi connectivity index (χ0) is 11.3. The van der Waals surface area contributed by atoms with Gasteiger partial charge in [0.25, 0.3) is 0 Å². The Morgan fingerprint density at radius 3 is 2.67 bits per heavy atom. The molecule has 0 radical (unpaired) electrons. The number of amides is 1. The second-order valence-electron chi connectivity index (χ2n) is 3.56. The number of hydrogen-bond donors (Lipinski definition) is 1. The Morgan fingerprint density at radius 1 is 1.53 bits per heavy atom. The van der Waals surface area contributed by atoms with Gasteiger partial charge in [0.05, 0.1) is 6.04 Å². The Hall–Kier alpha value is -1.42. The molecule has 15 heavy (non-hydrogen) atoms. The van der Waals surface area contributed by atoms with Gasteiger partial charge in [-0.05, 0) is 24.1 Å². The zero-order valence-corrected chi connectivity index (χ0v) is 9.18. The van der Waals surface area contributed by atoms with Gasteiger partial charge in [-0.25, -0.2) is 0 Å². The summed E-state index contributed by atoms with van der Waals surface area (Å²) in [5.41, 5.74) is 6.73. The van der Waals surface area contributed by atoms with Crippen molar-refractivity contribution in [2.24, 2.45) is 5.73 Å². The first-order valence-corrected chi connectivity index (χ1v) is 5.04. The zero-order valence-electron chi connectivity index (χ0n) is 9.18. The number of carbonyl (C=O) groups is 1. The third-order valence-electron chi connectivity index (χ3n) is 2.30. The van der Waals surface area contributed by atoms with Crippen molar-refractivity contribution in [2.45, 2.75) is 25.9 Å². The normalized spacial score (nSPS) is 12.2. The van der Waals surface area contributed by atoms with E-state index in [0.29, 0.717) is 13.0 Å². The molecule has 1 aromatic rings. The van der Waals surface area contributed by atoms with Gasteiger partial charge in [-0.2, -0.15) is 0 Å². The molecule has 0 aliphatic rings. The molecule has 0 bridgehead atoms. The van der Waals surface area contributed by atoms with E-state index < -0.39 is 6.04 Å². The summed E-state index contributed by atoms with van der Waals surface area (Å²) in [6, 6.07) is 3.39. The fourth-order valence-electron chi connectivity index (χ4n) is 1.30. The van der Waals surface area contributed by atoms with E-state index in [4.69, 9.17) is 5.73 Å². The minimum atomic E-state index is -0.392. The van der Waals surface area contributed by atoms with Crippen molar-refractivity contribution < 1.29 is 4.79 Å². The number of carbonyl (C=O) groups excluding carboxylic acids is 1. The second-order valence-corrected chi connectivity index (χ2v) is 3.56. The van der Waals surface area contributed by atoms with Crippen molar-refractivity contribution in [1.29, 1.82) is 0 Å². The van der Waals surface area contributed by atoms with Crippen LogP contribution in [0.5, 0.6) is 0 Å². The van der Waals surface area contributed by atoms with Crippen LogP contribution in [0.4, 0.5) is 0 Å². The van der Waals surface area contributed by atoms with E-state index in [1.165, 1.54) is 0 Å². The molecule has 0 saturated heterocycles. The molecule has 0 fully saturated rings. The lowest BCUT2D eigenvalue weighted by molar-refractivity contribution is -0.131. The number of nitrogens with two attached hydrogens (primary N) is 1. The first kappa shape index (κ1) is 11.7. The van der Waals surface area contributed by atoms with Crippen LogP contribution in [0.25, 0.3) is 0 Å². The standard InChI is InChI=1S/C11H17N3O/c1-3-10(12)11(15)14(2)8-9-4-6-13-7-5-9/h4-7,10H,3,8,12H2,1-2H3/t10-/m0/s1. The molecule has 2 N–H and O–H groups in total. The summed E-state index contributed by atoms with van der Waals surface area (Å²) in [7, 11) is 1.76. The minimum absolute atomic E-state index is 0.0192. The fraction of sp³-hybridized carbons (Fsp3) is 0.455. The van der Waals surface area contributed by atoms with Crippen molar-refractivity contribution >= 4 is 5.91 Å². The van der Waals surface area contributed by atoms with Crippen molar-refractivity contribution in [3.8, 4) is 0 Å². The average Bonchev–Trinajstić information content (AvgIpc) is 2.28. The van der Waals surface area contributed by atoms with Crippen LogP contribution in [0, 0.1) is 0 Å². The maximum atomic E-state index is 11.7. The summed E-state index contributed by atoms with van der Waals surface area (Å²) in [5.74, 6) is -0.0192. The van der Waals surface area contributed by atoms with E-state index in [9.17, 15) is 4.79 Å². The first-order valence-electron chi connectivity index (χ1n) is 5.04. The van der Waals surface area contributed by atoms with Crippen LogP contribution < -0.4 is 5.73 Å². The molecule has 1 heterocycles. The summed E-state index contributed by atoms with van der Waals surface area (Å²) in [5, 5.41) is 0. The Kier molecular flexibility index (Phi) is 4.24. The molecule has 1 amide bonds. The number of nitrogens with zero attached hydrogens (tertiary/aromatic N) is 2. The molecule has 0 saturated carbocycles. The molecular weight excluding hydrogens is 190 g/mol. The van der Waals surface area contributed by atoms with E-state index in [2.05, 4.69) is 4.98 Å². The van der Waals surface area contributed by atoms with Crippen LogP contribution in [0.1, 0.15) is 18.9 Å². The molecule has 4 nitrogen and oxygen atoms in total. The number of aromatic nitrogens is 1. The fourth-order valence-corrected chi connectivity index (χ4v) is 1.30. The van der Waals surface area contributed by atoms with E-state index in [1.54, 1.807) is 24.3 Å². The average molecular weight is 207 g/mol. The predicted octanol–water partition coefficient (Wildman–Crippen LogP) is 0.777. The third kappa shape index (κ3) is 3.32. The van der Waals surface area contributed by atoms with E-state index in [1.807, 2.05) is 19.1 Å². The molecule has 82 valence electrons. The summed E-state index contributed by atoms with van der Waals surface area (Å²) in [6.45, 7) is 2.48. The molecule has 0 spiro atoms. The van der Waals surface area contributed by atoms with Crippen LogP contribution in [0.15, 0.2) is 24.5 Å². The van der Waals surface area contributed by atoms with Crippen LogP contribution in [0.3, 0.4) is 0 Å². The molecule has 0 aromatic carbocycles. The second kappa shape index (κ2) is 5.46. The van der Waals surface area contributed by atoms with Gasteiger partial charge < -0.3 is 10.6 Å². The van der Waals surface area contributed by atoms with Crippen LogP contribution in [0.2, 0.25) is 0 Å². The van der Waals surface area contributed by atoms with Crippen LogP contribution in [-0.2, 0) is 11.3 Å². The summed E-state index contributed by atoms with van der Waals surface area (Å²) in [6.07, 6.45) is 4.10. The van der Waals surface area contributed by atoms with Crippen molar-refractivity contribution in [3.05, 3.63) is 30.1 Å². The van der Waals surface area contributed by atoms with E-state index in [0.717, 1.165) is 5.56 Å². The van der Waals surface area contributed by atoms with Gasteiger partial charge in [-0.3, -0.25) is 9.78 Å². The maximum Gasteiger partial charge on any atom is 0.239 e. The van der Waals surface area contributed by atoms with Crippen molar-refractivity contribution in [1.82, 2.24) is 9.88 Å². The maximum absolute atomic E-state index is 11.7. The SMILES string of the molecule is CC[C@H](N)C(=O)N(C)Cc1ccncc1. The molecule has 4 heteroatoms. The minimum Gasteiger partial charge on any atom is -0.340 e. The number of hydrogen-bond acceptors (Lipinski definition) is 3. The first-order chi connectivity index (χ1) is 7.15. The summed E-state index contributed by atoms with van der Waals surface area (Å²) in [4.78, 5) is 17.2. The quantitative estimate of drug-likeness (QED) is 0.793. The Balaban J connectivity index is 2.56. The molecule has 0 aliphatic carbocycles. The van der Waals surface area contributed by atoms with Gasteiger partial charge in [-0.15, -0.1) is 0 Å². The molecule has 1 rings (SSSR count). The molecule has 0 aliphatic heterocycles. The van der Waals surface area contributed by atoms with Gasteiger partial charge in [0, 0.05) is 26.0 Å². The highest BCUT2D eigenvalue weighted by Crippen LogP contribution is 2.03. The van der Waals surface area contributed by atoms with Crippen LogP contribution in [-0.4, -0.2) is 28.9 Å². The van der Waals surface area contributed by atoms with Crippen molar-refractivity contribution in [3.63, 3.8) is 0 Å². The van der Waals surface area contributed by atoms with Crippen molar-refractivity contribution in [2.75, 3.05) is 7.05 Å². The Labute approximate surface area is 90.1 Å². The largest absolute Gasteiger partial charge is 0.340 e. The Morgan fingerprint density at radius 2 is 2.13 bits per heavy atom. The van der Waals surface area contributed by atoms with Gasteiger partial charge in [0.1, 0.15) is 0 Å². The van der Waals surface area contributed by atoms with Gasteiger partial charge >= 0.3 is 0 Å². The lowest BCUT2D eigenvalue weighted by Gasteiger charge is -2.20. The molecule has 1 atom stereocenters. The third-order valence-corrected chi connectivity index (χ3v) is 2.30. The highest BCUT2D eigenvalue weighted by atomic mass is 16.2. The lowest BCUT2D eigenvalue weighted by Crippen LogP contribution is -2.40. The van der Waals surface area contributed by atoms with E-state index >= 15 is 0 Å². The topological polar surface area (TPSA) is 59.2 Å². The van der Waals surface area contributed by atoms with E-state index in [-0.39, 0.29) is 5.91 Å². The van der Waals surface area contributed by atoms with Gasteiger partial charge in [0.2, 0.25) is 5.91 Å².